The minimum Gasteiger partial charge on any atom is -0.378 e. The van der Waals surface area contributed by atoms with E-state index in [1.54, 1.807) is 0 Å². The molecule has 0 saturated carbocycles. The van der Waals surface area contributed by atoms with Crippen molar-refractivity contribution >= 4 is 15.9 Å². The van der Waals surface area contributed by atoms with Gasteiger partial charge in [-0.15, -0.1) is 0 Å². The van der Waals surface area contributed by atoms with Crippen molar-refractivity contribution in [2.45, 2.75) is 31.8 Å². The Balaban J connectivity index is 2.06. The van der Waals surface area contributed by atoms with Crippen LogP contribution < -0.4 is 10.5 Å². The predicted molar refractivity (Wildman–Crippen MR) is 59.2 cm³/mol. The predicted octanol–water partition coefficient (Wildman–Crippen LogP) is -0.650. The molecule has 6 nitrogen and oxygen atoms in total. The van der Waals surface area contributed by atoms with Gasteiger partial charge in [-0.2, -0.15) is 0 Å². The number of hydrogen-bond acceptors (Lipinski definition) is 4. The van der Waals surface area contributed by atoms with Crippen LogP contribution in [-0.2, 0) is 19.6 Å². The Hall–Kier alpha value is -0.660. The summed E-state index contributed by atoms with van der Waals surface area (Å²) < 4.78 is 26.5. The number of sulfonamides is 1. The number of amides is 1. The molecule has 1 fully saturated rings. The molecule has 1 aliphatic rings. The fourth-order valence-corrected chi connectivity index (χ4v) is 1.97. The van der Waals surface area contributed by atoms with Gasteiger partial charge >= 0.3 is 0 Å². The molecule has 1 amide bonds. The molecule has 3 N–H and O–H groups in total. The van der Waals surface area contributed by atoms with E-state index < -0.39 is 10.0 Å². The quantitative estimate of drug-likeness (QED) is 0.654. The average Bonchev–Trinajstić information content (AvgIpc) is 2.65. The SMILES string of the molecule is NS(=O)(=O)CCNC(=O)CCC1CCCO1. The third-order valence-corrected chi connectivity index (χ3v) is 3.20. The van der Waals surface area contributed by atoms with E-state index in [2.05, 4.69) is 5.32 Å². The number of nitrogens with one attached hydrogen (secondary N) is 1. The van der Waals surface area contributed by atoms with E-state index in [1.807, 2.05) is 0 Å². The summed E-state index contributed by atoms with van der Waals surface area (Å²) in [4.78, 5) is 11.3. The van der Waals surface area contributed by atoms with Gasteiger partial charge in [-0.05, 0) is 19.3 Å². The first-order valence-electron chi connectivity index (χ1n) is 5.36. The van der Waals surface area contributed by atoms with Crippen LogP contribution in [0.3, 0.4) is 0 Å². The summed E-state index contributed by atoms with van der Waals surface area (Å²) in [6, 6.07) is 0. The Morgan fingerprint density at radius 3 is 2.81 bits per heavy atom. The first-order valence-corrected chi connectivity index (χ1v) is 7.08. The minimum atomic E-state index is -3.49. The molecular weight excluding hydrogens is 232 g/mol. The van der Waals surface area contributed by atoms with Crippen molar-refractivity contribution < 1.29 is 17.9 Å². The van der Waals surface area contributed by atoms with Crippen LogP contribution >= 0.6 is 0 Å². The highest BCUT2D eigenvalue weighted by Gasteiger charge is 2.16. The summed E-state index contributed by atoms with van der Waals surface area (Å²) in [5, 5.41) is 7.31. The molecule has 94 valence electrons. The van der Waals surface area contributed by atoms with Gasteiger partial charge in [-0.3, -0.25) is 4.79 Å². The van der Waals surface area contributed by atoms with Crippen LogP contribution in [0.2, 0.25) is 0 Å². The molecule has 1 saturated heterocycles. The number of rotatable bonds is 6. The van der Waals surface area contributed by atoms with Crippen molar-refractivity contribution in [3.05, 3.63) is 0 Å². The summed E-state index contributed by atoms with van der Waals surface area (Å²) in [5.74, 6) is -0.377. The summed E-state index contributed by atoms with van der Waals surface area (Å²) in [7, 11) is -3.49. The topological polar surface area (TPSA) is 98.5 Å². The lowest BCUT2D eigenvalue weighted by atomic mass is 10.1. The third-order valence-electron chi connectivity index (χ3n) is 2.43. The Labute approximate surface area is 95.6 Å². The highest BCUT2D eigenvalue weighted by Crippen LogP contribution is 2.16. The number of hydrogen-bond donors (Lipinski definition) is 2. The van der Waals surface area contributed by atoms with E-state index in [0.29, 0.717) is 12.8 Å². The molecule has 1 unspecified atom stereocenters. The molecule has 0 aromatic rings. The Bertz CT molecular complexity index is 322. The summed E-state index contributed by atoms with van der Waals surface area (Å²) >= 11 is 0. The van der Waals surface area contributed by atoms with Crippen LogP contribution in [0.1, 0.15) is 25.7 Å². The lowest BCUT2D eigenvalue weighted by Gasteiger charge is -2.08. The van der Waals surface area contributed by atoms with Gasteiger partial charge in [0.1, 0.15) is 0 Å². The number of carbonyl (C=O) groups excluding carboxylic acids is 1. The molecule has 0 aliphatic carbocycles. The fraction of sp³-hybridized carbons (Fsp3) is 0.889. The normalized spacial score (nSPS) is 20.9. The molecule has 16 heavy (non-hydrogen) atoms. The van der Waals surface area contributed by atoms with Crippen LogP contribution in [0, 0.1) is 0 Å². The maximum Gasteiger partial charge on any atom is 0.220 e. The molecule has 0 bridgehead atoms. The fourth-order valence-electron chi connectivity index (χ4n) is 1.59. The van der Waals surface area contributed by atoms with Crippen LogP contribution in [0.5, 0.6) is 0 Å². The summed E-state index contributed by atoms with van der Waals surface area (Å²) in [6.07, 6.45) is 3.31. The average molecular weight is 250 g/mol. The summed E-state index contributed by atoms with van der Waals surface area (Å²) in [6.45, 7) is 0.848. The van der Waals surface area contributed by atoms with Crippen molar-refractivity contribution in [2.24, 2.45) is 5.14 Å². The standard InChI is InChI=1S/C9H18N2O4S/c10-16(13,14)7-5-11-9(12)4-3-8-2-1-6-15-8/h8H,1-7H2,(H,11,12)(H2,10,13,14). The van der Waals surface area contributed by atoms with E-state index in [-0.39, 0.29) is 24.3 Å². The molecule has 0 aromatic heterocycles. The highest BCUT2D eigenvalue weighted by atomic mass is 32.2. The van der Waals surface area contributed by atoms with Gasteiger partial charge < -0.3 is 10.1 Å². The van der Waals surface area contributed by atoms with E-state index >= 15 is 0 Å². The molecule has 1 aliphatic heterocycles. The smallest absolute Gasteiger partial charge is 0.220 e. The van der Waals surface area contributed by atoms with E-state index in [1.165, 1.54) is 0 Å². The van der Waals surface area contributed by atoms with Gasteiger partial charge in [0.25, 0.3) is 0 Å². The Morgan fingerprint density at radius 1 is 1.50 bits per heavy atom. The van der Waals surface area contributed by atoms with Crippen LogP contribution in [-0.4, -0.2) is 39.3 Å². The first kappa shape index (κ1) is 13.4. The number of ether oxygens (including phenoxy) is 1. The number of primary sulfonamides is 1. The number of nitrogens with two attached hydrogens (primary N) is 1. The second-order valence-electron chi connectivity index (χ2n) is 3.89. The molecule has 1 heterocycles. The van der Waals surface area contributed by atoms with E-state index in [9.17, 15) is 13.2 Å². The van der Waals surface area contributed by atoms with Gasteiger partial charge in [0.05, 0.1) is 11.9 Å². The third kappa shape index (κ3) is 6.04. The second-order valence-corrected chi connectivity index (χ2v) is 5.62. The Kier molecular flexibility index (Phi) is 5.17. The van der Waals surface area contributed by atoms with E-state index in [0.717, 1.165) is 19.4 Å². The van der Waals surface area contributed by atoms with Crippen molar-refractivity contribution in [1.29, 1.82) is 0 Å². The monoisotopic (exact) mass is 250 g/mol. The lowest BCUT2D eigenvalue weighted by molar-refractivity contribution is -0.121. The molecule has 0 aromatic carbocycles. The van der Waals surface area contributed by atoms with Gasteiger partial charge in [0, 0.05) is 19.6 Å². The van der Waals surface area contributed by atoms with Gasteiger partial charge in [0.2, 0.25) is 15.9 Å². The van der Waals surface area contributed by atoms with Gasteiger partial charge in [-0.1, -0.05) is 0 Å². The zero-order chi connectivity index (χ0) is 12.0. The molecule has 7 heteroatoms. The zero-order valence-corrected chi connectivity index (χ0v) is 9.96. The molecule has 1 atom stereocenters. The van der Waals surface area contributed by atoms with Crippen LogP contribution in [0.4, 0.5) is 0 Å². The Morgan fingerprint density at radius 2 is 2.25 bits per heavy atom. The largest absolute Gasteiger partial charge is 0.378 e. The maximum absolute atomic E-state index is 11.3. The minimum absolute atomic E-state index is 0.0726. The summed E-state index contributed by atoms with van der Waals surface area (Å²) in [5.41, 5.74) is 0. The maximum atomic E-state index is 11.3. The van der Waals surface area contributed by atoms with Gasteiger partial charge in [0.15, 0.2) is 0 Å². The molecule has 0 radical (unpaired) electrons. The first-order chi connectivity index (χ1) is 7.47. The van der Waals surface area contributed by atoms with Crippen molar-refractivity contribution in [3.8, 4) is 0 Å². The molecule has 1 rings (SSSR count). The van der Waals surface area contributed by atoms with Crippen molar-refractivity contribution in [3.63, 3.8) is 0 Å². The number of carbonyl (C=O) groups is 1. The van der Waals surface area contributed by atoms with Crippen molar-refractivity contribution in [2.75, 3.05) is 18.9 Å². The highest BCUT2D eigenvalue weighted by molar-refractivity contribution is 7.89. The van der Waals surface area contributed by atoms with Crippen LogP contribution in [0.25, 0.3) is 0 Å². The van der Waals surface area contributed by atoms with Gasteiger partial charge in [-0.25, -0.2) is 13.6 Å². The molecular formula is C9H18N2O4S. The lowest BCUT2D eigenvalue weighted by Crippen LogP contribution is -2.31. The van der Waals surface area contributed by atoms with E-state index in [4.69, 9.17) is 9.88 Å². The van der Waals surface area contributed by atoms with Crippen LogP contribution in [0.15, 0.2) is 0 Å². The van der Waals surface area contributed by atoms with Crippen molar-refractivity contribution in [1.82, 2.24) is 5.32 Å². The second kappa shape index (κ2) is 6.17. The zero-order valence-electron chi connectivity index (χ0n) is 9.15. The molecule has 0 spiro atoms.